The van der Waals surface area contributed by atoms with Crippen LogP contribution in [0.2, 0.25) is 3.93 Å². The zero-order valence-electron chi connectivity index (χ0n) is 15.1. The van der Waals surface area contributed by atoms with Crippen LogP contribution in [0.3, 0.4) is 0 Å². The molecule has 1 fully saturated rings. The fraction of sp³-hybridized carbons (Fsp3) is 0.250. The number of hydrogen-bond acceptors (Lipinski definition) is 1. The molecule has 0 unspecified atom stereocenters. The summed E-state index contributed by atoms with van der Waals surface area (Å²) in [4.78, 5) is 0. The van der Waals surface area contributed by atoms with Gasteiger partial charge in [-0.2, -0.15) is 0 Å². The van der Waals surface area contributed by atoms with Crippen LogP contribution in [0.4, 0.5) is 0 Å². The van der Waals surface area contributed by atoms with Crippen molar-refractivity contribution in [1.29, 1.82) is 0 Å². The van der Waals surface area contributed by atoms with Crippen molar-refractivity contribution in [2.24, 2.45) is 0 Å². The van der Waals surface area contributed by atoms with E-state index in [9.17, 15) is 5.11 Å². The third-order valence-electron chi connectivity index (χ3n) is 6.00. The molecule has 0 aliphatic heterocycles. The Balaban J connectivity index is 1.97. The first-order valence-corrected chi connectivity index (χ1v) is 15.6. The Morgan fingerprint density at radius 1 is 0.538 bits per heavy atom. The molecule has 26 heavy (non-hydrogen) atoms. The van der Waals surface area contributed by atoms with Crippen LogP contribution < -0.4 is 10.7 Å². The van der Waals surface area contributed by atoms with Crippen molar-refractivity contribution in [3.05, 3.63) is 91.0 Å². The van der Waals surface area contributed by atoms with E-state index in [1.165, 1.54) is 0 Å². The molecule has 2 heteroatoms. The number of aliphatic hydroxyl groups is 1. The first-order chi connectivity index (χ1) is 12.8. The summed E-state index contributed by atoms with van der Waals surface area (Å²) in [6.07, 6.45) is 4.04. The number of hydrogen-bond donors (Lipinski definition) is 1. The molecule has 3 aromatic rings. The van der Waals surface area contributed by atoms with E-state index in [4.69, 9.17) is 0 Å². The van der Waals surface area contributed by atoms with Gasteiger partial charge in [-0.05, 0) is 0 Å². The van der Waals surface area contributed by atoms with E-state index in [0.29, 0.717) is 3.93 Å². The standard InChI is InChI=1S/C6H11O.3C6H5.Sn/c7-6-4-2-1-3-5-6;3*1-2-4-6-5-3-1;/h1,6-7H,2-5H2;3*1-5H;. The second kappa shape index (κ2) is 7.97. The quantitative estimate of drug-likeness (QED) is 0.606. The predicted molar refractivity (Wildman–Crippen MR) is 112 cm³/mol. The molecule has 1 aliphatic rings. The van der Waals surface area contributed by atoms with Crippen molar-refractivity contribution in [2.45, 2.75) is 35.7 Å². The molecule has 0 heterocycles. The first kappa shape index (κ1) is 17.8. The molecule has 1 nitrogen and oxygen atoms in total. The van der Waals surface area contributed by atoms with Crippen molar-refractivity contribution in [3.8, 4) is 0 Å². The molecule has 0 aromatic heterocycles. The fourth-order valence-corrected chi connectivity index (χ4v) is 21.3. The molecule has 0 amide bonds. The maximum atomic E-state index is 10.1. The minimum atomic E-state index is -3.18. The van der Waals surface area contributed by atoms with E-state index in [1.807, 2.05) is 0 Å². The van der Waals surface area contributed by atoms with Crippen molar-refractivity contribution in [1.82, 2.24) is 0 Å². The summed E-state index contributed by atoms with van der Waals surface area (Å²) in [7, 11) is 0. The monoisotopic (exact) mass is 450 g/mol. The van der Waals surface area contributed by atoms with E-state index < -0.39 is 18.4 Å². The molecule has 1 N–H and O–H groups in total. The molecule has 1 aliphatic carbocycles. The number of aliphatic hydroxyl groups excluding tert-OH is 1. The molecule has 1 saturated carbocycles. The van der Waals surface area contributed by atoms with Gasteiger partial charge in [0.2, 0.25) is 0 Å². The summed E-state index contributed by atoms with van der Waals surface area (Å²) < 4.78 is 5.35. The van der Waals surface area contributed by atoms with Crippen LogP contribution in [0.5, 0.6) is 0 Å². The van der Waals surface area contributed by atoms with Crippen LogP contribution in [0.1, 0.15) is 25.7 Å². The molecule has 0 spiro atoms. The van der Waals surface area contributed by atoms with Crippen LogP contribution in [0.25, 0.3) is 0 Å². The Bertz CT molecular complexity index is 712. The van der Waals surface area contributed by atoms with Gasteiger partial charge in [0.25, 0.3) is 0 Å². The Morgan fingerprint density at radius 2 is 0.885 bits per heavy atom. The molecule has 3 aromatic carbocycles. The molecule has 0 bridgehead atoms. The topological polar surface area (TPSA) is 20.2 Å². The molecule has 0 atom stereocenters. The van der Waals surface area contributed by atoms with E-state index in [2.05, 4.69) is 91.0 Å². The molecular weight excluding hydrogens is 423 g/mol. The van der Waals surface area contributed by atoms with Gasteiger partial charge in [-0.1, -0.05) is 0 Å². The SMILES string of the molecule is OC1CC[CH]([Sn]([c]2ccccc2)([c]2ccccc2)[c]2ccccc2)CC1. The van der Waals surface area contributed by atoms with Gasteiger partial charge in [0, 0.05) is 0 Å². The van der Waals surface area contributed by atoms with Gasteiger partial charge < -0.3 is 0 Å². The summed E-state index contributed by atoms with van der Waals surface area (Å²) in [5, 5.41) is 10.1. The fourth-order valence-electron chi connectivity index (χ4n) is 4.82. The second-order valence-electron chi connectivity index (χ2n) is 7.41. The average Bonchev–Trinajstić information content (AvgIpc) is 2.72. The Labute approximate surface area is 160 Å². The van der Waals surface area contributed by atoms with Crippen LogP contribution in [0.15, 0.2) is 91.0 Å². The molecular formula is C24H26OSn. The van der Waals surface area contributed by atoms with Gasteiger partial charge >= 0.3 is 161 Å². The average molecular weight is 449 g/mol. The zero-order valence-corrected chi connectivity index (χ0v) is 17.9. The van der Waals surface area contributed by atoms with Gasteiger partial charge in [-0.3, -0.25) is 0 Å². The normalized spacial score (nSPS) is 20.7. The molecule has 0 saturated heterocycles. The van der Waals surface area contributed by atoms with Crippen LogP contribution in [-0.2, 0) is 0 Å². The summed E-state index contributed by atoms with van der Waals surface area (Å²) in [5.41, 5.74) is 0. The summed E-state index contributed by atoms with van der Waals surface area (Å²) in [6.45, 7) is 0. The zero-order chi connectivity index (χ0) is 17.8. The van der Waals surface area contributed by atoms with Crippen LogP contribution in [-0.4, -0.2) is 29.6 Å². The summed E-state index contributed by atoms with van der Waals surface area (Å²) >= 11 is -3.18. The molecule has 0 radical (unpaired) electrons. The van der Waals surface area contributed by atoms with Crippen molar-refractivity contribution in [3.63, 3.8) is 0 Å². The molecule has 4 rings (SSSR count). The first-order valence-electron chi connectivity index (χ1n) is 9.66. The van der Waals surface area contributed by atoms with E-state index in [1.54, 1.807) is 10.7 Å². The third-order valence-corrected chi connectivity index (χ3v) is 21.8. The van der Waals surface area contributed by atoms with E-state index in [0.717, 1.165) is 25.7 Å². The Hall–Kier alpha value is -1.58. The number of rotatable bonds is 4. The Morgan fingerprint density at radius 3 is 1.23 bits per heavy atom. The van der Waals surface area contributed by atoms with Crippen LogP contribution >= 0.6 is 0 Å². The van der Waals surface area contributed by atoms with Gasteiger partial charge in [0.05, 0.1) is 0 Å². The van der Waals surface area contributed by atoms with Crippen LogP contribution in [0, 0.1) is 0 Å². The molecule has 132 valence electrons. The Kier molecular flexibility index (Phi) is 5.46. The second-order valence-corrected chi connectivity index (χ2v) is 19.3. The van der Waals surface area contributed by atoms with Gasteiger partial charge in [-0.15, -0.1) is 0 Å². The van der Waals surface area contributed by atoms with Crippen molar-refractivity contribution >= 4 is 29.1 Å². The van der Waals surface area contributed by atoms with Crippen molar-refractivity contribution < 1.29 is 5.11 Å². The summed E-state index contributed by atoms with van der Waals surface area (Å²) in [6, 6.07) is 33.7. The summed E-state index contributed by atoms with van der Waals surface area (Å²) in [5.74, 6) is 0. The van der Waals surface area contributed by atoms with Gasteiger partial charge in [-0.25, -0.2) is 0 Å². The van der Waals surface area contributed by atoms with E-state index >= 15 is 0 Å². The van der Waals surface area contributed by atoms with E-state index in [-0.39, 0.29) is 6.10 Å². The predicted octanol–water partition coefficient (Wildman–Crippen LogP) is 3.46. The maximum absolute atomic E-state index is 10.1. The van der Waals surface area contributed by atoms with Crippen molar-refractivity contribution in [2.75, 3.05) is 0 Å². The third kappa shape index (κ3) is 3.23. The van der Waals surface area contributed by atoms with Gasteiger partial charge in [0.15, 0.2) is 0 Å². The van der Waals surface area contributed by atoms with Gasteiger partial charge in [0.1, 0.15) is 0 Å². The number of benzene rings is 3. The minimum absolute atomic E-state index is 0.113.